The van der Waals surface area contributed by atoms with Crippen LogP contribution in [0.4, 0.5) is 0 Å². The first-order valence-corrected chi connectivity index (χ1v) is 7.71. The van der Waals surface area contributed by atoms with Crippen molar-refractivity contribution in [1.82, 2.24) is 4.98 Å². The molecule has 0 bridgehead atoms. The summed E-state index contributed by atoms with van der Waals surface area (Å²) < 4.78 is 6.50. The lowest BCUT2D eigenvalue weighted by Crippen LogP contribution is -2.11. The highest BCUT2D eigenvalue weighted by Crippen LogP contribution is 2.32. The highest BCUT2D eigenvalue weighted by molar-refractivity contribution is 7.16. The van der Waals surface area contributed by atoms with Crippen molar-refractivity contribution >= 4 is 21.6 Å². The Balaban J connectivity index is 1.95. The highest BCUT2D eigenvalue weighted by Gasteiger charge is 2.16. The van der Waals surface area contributed by atoms with Crippen LogP contribution in [0.2, 0.25) is 0 Å². The van der Waals surface area contributed by atoms with E-state index in [0.717, 1.165) is 16.9 Å². The molecule has 0 radical (unpaired) electrons. The van der Waals surface area contributed by atoms with E-state index in [-0.39, 0.29) is 11.4 Å². The van der Waals surface area contributed by atoms with E-state index in [2.05, 4.69) is 4.98 Å². The molecule has 0 saturated carbocycles. The molecule has 1 aromatic heterocycles. The number of rotatable bonds is 5. The predicted octanol–water partition coefficient (Wildman–Crippen LogP) is 2.16. The molecular formula is C16H16N2O3S. The summed E-state index contributed by atoms with van der Waals surface area (Å²) in [6.45, 7) is 0.512. The Morgan fingerprint density at radius 3 is 2.73 bits per heavy atom. The third kappa shape index (κ3) is 2.89. The van der Waals surface area contributed by atoms with Gasteiger partial charge in [-0.2, -0.15) is 0 Å². The molecular weight excluding hydrogens is 300 g/mol. The Labute approximate surface area is 131 Å². The SMILES string of the molecule is NC[C@H](O)c1ccc(OCc2ccccc2)c2[nH]c(=O)sc12. The molecule has 3 aromatic rings. The normalized spacial score (nSPS) is 12.5. The predicted molar refractivity (Wildman–Crippen MR) is 87.2 cm³/mol. The summed E-state index contributed by atoms with van der Waals surface area (Å²) in [6, 6.07) is 13.3. The van der Waals surface area contributed by atoms with E-state index in [1.54, 1.807) is 12.1 Å². The van der Waals surface area contributed by atoms with Gasteiger partial charge in [-0.05, 0) is 11.6 Å². The van der Waals surface area contributed by atoms with Crippen molar-refractivity contribution in [2.24, 2.45) is 5.73 Å². The number of fused-ring (bicyclic) bond motifs is 1. The fraction of sp³-hybridized carbons (Fsp3) is 0.188. The third-order valence-corrected chi connectivity index (χ3v) is 4.32. The Morgan fingerprint density at radius 1 is 1.23 bits per heavy atom. The second-order valence-corrected chi connectivity index (χ2v) is 5.88. The second kappa shape index (κ2) is 6.31. The summed E-state index contributed by atoms with van der Waals surface area (Å²) in [5, 5.41) is 9.96. The van der Waals surface area contributed by atoms with Crippen LogP contribution in [-0.2, 0) is 6.61 Å². The molecule has 0 spiro atoms. The number of aliphatic hydroxyl groups is 1. The molecule has 0 aliphatic rings. The van der Waals surface area contributed by atoms with Crippen molar-refractivity contribution < 1.29 is 9.84 Å². The number of aromatic nitrogens is 1. The van der Waals surface area contributed by atoms with Crippen LogP contribution in [0, 0.1) is 0 Å². The monoisotopic (exact) mass is 316 g/mol. The van der Waals surface area contributed by atoms with Gasteiger partial charge in [0.1, 0.15) is 17.9 Å². The van der Waals surface area contributed by atoms with Crippen LogP contribution >= 0.6 is 11.3 Å². The number of aliphatic hydroxyl groups excluding tert-OH is 1. The van der Waals surface area contributed by atoms with Gasteiger partial charge in [-0.3, -0.25) is 4.79 Å². The number of nitrogens with one attached hydrogen (secondary N) is 1. The van der Waals surface area contributed by atoms with Crippen molar-refractivity contribution in [2.45, 2.75) is 12.7 Å². The first-order valence-electron chi connectivity index (χ1n) is 6.89. The number of hydrogen-bond donors (Lipinski definition) is 3. The maximum Gasteiger partial charge on any atom is 0.305 e. The Bertz CT molecular complexity index is 826. The number of aromatic amines is 1. The smallest absolute Gasteiger partial charge is 0.305 e. The van der Waals surface area contributed by atoms with E-state index in [0.29, 0.717) is 28.1 Å². The van der Waals surface area contributed by atoms with Gasteiger partial charge in [0, 0.05) is 12.1 Å². The molecule has 114 valence electrons. The molecule has 5 nitrogen and oxygen atoms in total. The van der Waals surface area contributed by atoms with E-state index < -0.39 is 6.10 Å². The summed E-state index contributed by atoms with van der Waals surface area (Å²) in [4.78, 5) is 14.3. The quantitative estimate of drug-likeness (QED) is 0.673. The summed E-state index contributed by atoms with van der Waals surface area (Å²) in [5.41, 5.74) is 7.80. The maximum absolute atomic E-state index is 11.7. The lowest BCUT2D eigenvalue weighted by atomic mass is 10.1. The minimum absolute atomic E-state index is 0.103. The molecule has 0 aliphatic carbocycles. The molecule has 22 heavy (non-hydrogen) atoms. The van der Waals surface area contributed by atoms with Crippen LogP contribution in [0.3, 0.4) is 0 Å². The van der Waals surface area contributed by atoms with Gasteiger partial charge in [-0.15, -0.1) is 0 Å². The third-order valence-electron chi connectivity index (χ3n) is 3.39. The van der Waals surface area contributed by atoms with Crippen LogP contribution < -0.4 is 15.3 Å². The number of nitrogens with two attached hydrogens (primary N) is 1. The molecule has 3 rings (SSSR count). The highest BCUT2D eigenvalue weighted by atomic mass is 32.1. The van der Waals surface area contributed by atoms with E-state index in [1.807, 2.05) is 30.3 Å². The standard InChI is InChI=1S/C16H16N2O3S/c17-8-12(19)11-6-7-13(14-15(11)22-16(20)18-14)21-9-10-4-2-1-3-5-10/h1-7,12,19H,8-9,17H2,(H,18,20)/t12-/m0/s1. The topological polar surface area (TPSA) is 88.3 Å². The van der Waals surface area contributed by atoms with Crippen LogP contribution in [0.5, 0.6) is 5.75 Å². The molecule has 2 aromatic carbocycles. The lowest BCUT2D eigenvalue weighted by molar-refractivity contribution is 0.188. The summed E-state index contributed by atoms with van der Waals surface area (Å²) in [7, 11) is 0. The Kier molecular flexibility index (Phi) is 4.24. The molecule has 0 aliphatic heterocycles. The molecule has 6 heteroatoms. The maximum atomic E-state index is 11.7. The molecule has 4 N–H and O–H groups in total. The Hall–Kier alpha value is -2.15. The number of benzene rings is 2. The zero-order chi connectivity index (χ0) is 15.5. The fourth-order valence-electron chi connectivity index (χ4n) is 2.27. The van der Waals surface area contributed by atoms with E-state index in [1.165, 1.54) is 0 Å². The molecule has 1 heterocycles. The van der Waals surface area contributed by atoms with Gasteiger partial charge in [0.15, 0.2) is 0 Å². The number of H-pyrrole nitrogens is 1. The van der Waals surface area contributed by atoms with Crippen molar-refractivity contribution in [3.63, 3.8) is 0 Å². The minimum Gasteiger partial charge on any atom is -0.487 e. The first-order chi connectivity index (χ1) is 10.7. The van der Waals surface area contributed by atoms with Crippen molar-refractivity contribution in [1.29, 1.82) is 0 Å². The number of ether oxygens (including phenoxy) is 1. The fourth-order valence-corrected chi connectivity index (χ4v) is 3.19. The van der Waals surface area contributed by atoms with E-state index in [9.17, 15) is 9.90 Å². The van der Waals surface area contributed by atoms with Gasteiger partial charge in [-0.25, -0.2) is 0 Å². The zero-order valence-corrected chi connectivity index (χ0v) is 12.6. The van der Waals surface area contributed by atoms with Crippen LogP contribution in [0.15, 0.2) is 47.3 Å². The molecule has 0 unspecified atom stereocenters. The largest absolute Gasteiger partial charge is 0.487 e. The number of hydrogen-bond acceptors (Lipinski definition) is 5. The van der Waals surface area contributed by atoms with Gasteiger partial charge in [-0.1, -0.05) is 47.7 Å². The first kappa shape index (κ1) is 14.8. The van der Waals surface area contributed by atoms with Crippen molar-refractivity contribution in [3.8, 4) is 5.75 Å². The van der Waals surface area contributed by atoms with Gasteiger partial charge in [0.05, 0.1) is 10.8 Å². The van der Waals surface area contributed by atoms with Gasteiger partial charge in [0.25, 0.3) is 0 Å². The minimum atomic E-state index is -0.794. The zero-order valence-electron chi connectivity index (χ0n) is 11.8. The summed E-state index contributed by atoms with van der Waals surface area (Å²) in [5.74, 6) is 0.588. The van der Waals surface area contributed by atoms with Crippen molar-refractivity contribution in [2.75, 3.05) is 6.54 Å². The number of thiazole rings is 1. The molecule has 0 saturated heterocycles. The van der Waals surface area contributed by atoms with Crippen LogP contribution in [-0.4, -0.2) is 16.6 Å². The lowest BCUT2D eigenvalue weighted by Gasteiger charge is -2.12. The molecule has 0 amide bonds. The molecule has 0 fully saturated rings. The van der Waals surface area contributed by atoms with Gasteiger partial charge < -0.3 is 20.6 Å². The average molecular weight is 316 g/mol. The van der Waals surface area contributed by atoms with E-state index in [4.69, 9.17) is 10.5 Å². The second-order valence-electron chi connectivity index (χ2n) is 4.90. The van der Waals surface area contributed by atoms with Gasteiger partial charge in [0.2, 0.25) is 0 Å². The Morgan fingerprint density at radius 2 is 2.00 bits per heavy atom. The van der Waals surface area contributed by atoms with E-state index >= 15 is 0 Å². The van der Waals surface area contributed by atoms with Gasteiger partial charge >= 0.3 is 4.87 Å². The molecule has 1 atom stereocenters. The van der Waals surface area contributed by atoms with Crippen LogP contribution in [0.1, 0.15) is 17.2 Å². The average Bonchev–Trinajstić information content (AvgIpc) is 2.94. The van der Waals surface area contributed by atoms with Crippen LogP contribution in [0.25, 0.3) is 10.2 Å². The summed E-state index contributed by atoms with van der Waals surface area (Å²) in [6.07, 6.45) is -0.794. The summed E-state index contributed by atoms with van der Waals surface area (Å²) >= 11 is 1.05. The van der Waals surface area contributed by atoms with Crippen molar-refractivity contribution in [3.05, 3.63) is 63.3 Å².